The largest absolute Gasteiger partial charge is 0.459 e. The van der Waals surface area contributed by atoms with Crippen molar-refractivity contribution in [3.05, 3.63) is 12.2 Å². The first-order chi connectivity index (χ1) is 10.0. The van der Waals surface area contributed by atoms with E-state index in [4.69, 9.17) is 4.74 Å². The fourth-order valence-electron chi connectivity index (χ4n) is 2.41. The van der Waals surface area contributed by atoms with Crippen molar-refractivity contribution in [2.75, 3.05) is 0 Å². The summed E-state index contributed by atoms with van der Waals surface area (Å²) in [6, 6.07) is 0. The van der Waals surface area contributed by atoms with Gasteiger partial charge in [-0.2, -0.15) is 0 Å². The fourth-order valence-corrected chi connectivity index (χ4v) is 2.41. The first kappa shape index (κ1) is 18.1. The Bertz CT molecular complexity index is 329. The van der Waals surface area contributed by atoms with E-state index in [2.05, 4.69) is 6.92 Å². The van der Waals surface area contributed by atoms with E-state index >= 15 is 0 Å². The zero-order valence-corrected chi connectivity index (χ0v) is 12.8. The molecular weight excluding hydrogens is 272 g/mol. The van der Waals surface area contributed by atoms with E-state index < -0.39 is 30.4 Å². The molecule has 0 aromatic carbocycles. The number of cyclic esters (lactones) is 1. The molecule has 0 saturated heterocycles. The minimum atomic E-state index is -1.15. The van der Waals surface area contributed by atoms with Gasteiger partial charge in [-0.1, -0.05) is 44.8 Å². The monoisotopic (exact) mass is 300 g/mol. The molecule has 0 amide bonds. The standard InChI is InChI=1S/C16H28O5/c1-2-3-4-5-6-7-14-16(20)13(18)10-8-12(17)9-11-15(19)21-14/h8,10,12-14,16-18,20H,2-7,9,11H2,1H3/b10-8+/t12-,13+,14+,16+/m0/s1. The fraction of sp³-hybridized carbons (Fsp3) is 0.812. The van der Waals surface area contributed by atoms with E-state index in [1.54, 1.807) is 0 Å². The molecule has 1 aliphatic heterocycles. The van der Waals surface area contributed by atoms with E-state index in [1.807, 2.05) is 0 Å². The highest BCUT2D eigenvalue weighted by Crippen LogP contribution is 2.18. The maximum atomic E-state index is 11.7. The topological polar surface area (TPSA) is 87.0 Å². The van der Waals surface area contributed by atoms with Crippen molar-refractivity contribution in [1.82, 2.24) is 0 Å². The molecule has 0 aromatic heterocycles. The maximum Gasteiger partial charge on any atom is 0.306 e. The lowest BCUT2D eigenvalue weighted by molar-refractivity contribution is -0.160. The summed E-state index contributed by atoms with van der Waals surface area (Å²) in [4.78, 5) is 11.7. The van der Waals surface area contributed by atoms with Gasteiger partial charge in [-0.3, -0.25) is 4.79 Å². The van der Waals surface area contributed by atoms with Crippen molar-refractivity contribution in [1.29, 1.82) is 0 Å². The molecule has 1 rings (SSSR count). The molecule has 0 aliphatic carbocycles. The lowest BCUT2D eigenvalue weighted by Crippen LogP contribution is -2.40. The molecule has 0 bridgehead atoms. The van der Waals surface area contributed by atoms with Crippen LogP contribution in [0.1, 0.15) is 58.3 Å². The van der Waals surface area contributed by atoms with Gasteiger partial charge in [0.05, 0.1) is 6.10 Å². The van der Waals surface area contributed by atoms with Crippen LogP contribution in [0.15, 0.2) is 12.2 Å². The van der Waals surface area contributed by atoms with E-state index in [9.17, 15) is 20.1 Å². The van der Waals surface area contributed by atoms with Crippen LogP contribution < -0.4 is 0 Å². The molecule has 5 nitrogen and oxygen atoms in total. The zero-order valence-electron chi connectivity index (χ0n) is 12.8. The molecule has 122 valence electrons. The number of ether oxygens (including phenoxy) is 1. The van der Waals surface area contributed by atoms with Gasteiger partial charge in [0.15, 0.2) is 0 Å². The van der Waals surface area contributed by atoms with Crippen molar-refractivity contribution < 1.29 is 24.9 Å². The van der Waals surface area contributed by atoms with E-state index in [0.29, 0.717) is 6.42 Å². The minimum absolute atomic E-state index is 0.112. The molecule has 0 aromatic rings. The van der Waals surface area contributed by atoms with Crippen LogP contribution >= 0.6 is 0 Å². The highest BCUT2D eigenvalue weighted by molar-refractivity contribution is 5.69. The number of aliphatic hydroxyl groups excluding tert-OH is 3. The molecule has 4 atom stereocenters. The van der Waals surface area contributed by atoms with Gasteiger partial charge >= 0.3 is 5.97 Å². The Morgan fingerprint density at radius 2 is 1.86 bits per heavy atom. The number of unbranched alkanes of at least 4 members (excludes halogenated alkanes) is 4. The van der Waals surface area contributed by atoms with Gasteiger partial charge in [0.25, 0.3) is 0 Å². The number of aliphatic hydroxyl groups is 3. The van der Waals surface area contributed by atoms with Gasteiger partial charge in [0.2, 0.25) is 0 Å². The van der Waals surface area contributed by atoms with Crippen LogP contribution in [-0.4, -0.2) is 45.7 Å². The number of carbonyl (C=O) groups excluding carboxylic acids is 1. The van der Waals surface area contributed by atoms with Crippen molar-refractivity contribution in [2.24, 2.45) is 0 Å². The average Bonchev–Trinajstić information content (AvgIpc) is 2.47. The lowest BCUT2D eigenvalue weighted by atomic mass is 9.99. The third-order valence-electron chi connectivity index (χ3n) is 3.78. The minimum Gasteiger partial charge on any atom is -0.459 e. The molecule has 5 heteroatoms. The zero-order chi connectivity index (χ0) is 15.7. The summed E-state index contributed by atoms with van der Waals surface area (Å²) >= 11 is 0. The number of esters is 1. The van der Waals surface area contributed by atoms with Crippen LogP contribution in [0.2, 0.25) is 0 Å². The Morgan fingerprint density at radius 3 is 2.57 bits per heavy atom. The molecule has 0 saturated carbocycles. The summed E-state index contributed by atoms with van der Waals surface area (Å²) in [5.41, 5.74) is 0. The van der Waals surface area contributed by atoms with Crippen molar-refractivity contribution >= 4 is 5.97 Å². The Balaban J connectivity index is 2.56. The van der Waals surface area contributed by atoms with Crippen molar-refractivity contribution in [2.45, 2.75) is 82.7 Å². The first-order valence-electron chi connectivity index (χ1n) is 7.96. The summed E-state index contributed by atoms with van der Waals surface area (Å²) in [5, 5.41) is 29.5. The second-order valence-corrected chi connectivity index (χ2v) is 5.70. The van der Waals surface area contributed by atoms with Gasteiger partial charge in [-0.05, 0) is 19.3 Å². The van der Waals surface area contributed by atoms with Crippen LogP contribution in [0.3, 0.4) is 0 Å². The highest BCUT2D eigenvalue weighted by atomic mass is 16.6. The number of carbonyl (C=O) groups is 1. The van der Waals surface area contributed by atoms with Crippen LogP contribution in [0.25, 0.3) is 0 Å². The molecule has 21 heavy (non-hydrogen) atoms. The number of hydrogen-bond donors (Lipinski definition) is 3. The summed E-state index contributed by atoms with van der Waals surface area (Å²) in [7, 11) is 0. The maximum absolute atomic E-state index is 11.7. The molecule has 3 N–H and O–H groups in total. The summed E-state index contributed by atoms with van der Waals surface area (Å²) < 4.78 is 5.27. The Hall–Kier alpha value is -0.910. The van der Waals surface area contributed by atoms with E-state index in [0.717, 1.165) is 25.7 Å². The number of rotatable bonds is 6. The Labute approximate surface area is 126 Å². The van der Waals surface area contributed by atoms with Crippen LogP contribution in [0.5, 0.6) is 0 Å². The molecular formula is C16H28O5. The van der Waals surface area contributed by atoms with Gasteiger partial charge < -0.3 is 20.1 Å². The smallest absolute Gasteiger partial charge is 0.306 e. The SMILES string of the molecule is CCCCCCC[C@H]1OC(=O)CC[C@@H](O)/C=C/[C@@H](O)[C@H]1O. The number of hydrogen-bond acceptors (Lipinski definition) is 5. The highest BCUT2D eigenvalue weighted by Gasteiger charge is 2.29. The van der Waals surface area contributed by atoms with Gasteiger partial charge in [-0.15, -0.1) is 0 Å². The average molecular weight is 300 g/mol. The predicted octanol–water partition coefficient (Wildman–Crippen LogP) is 1.69. The third kappa shape index (κ3) is 7.07. The molecule has 0 fully saturated rings. The lowest BCUT2D eigenvalue weighted by Gasteiger charge is -2.26. The summed E-state index contributed by atoms with van der Waals surface area (Å²) in [5.74, 6) is -0.436. The van der Waals surface area contributed by atoms with Crippen LogP contribution in [-0.2, 0) is 9.53 Å². The van der Waals surface area contributed by atoms with E-state index in [-0.39, 0.29) is 12.8 Å². The van der Waals surface area contributed by atoms with Crippen LogP contribution in [0.4, 0.5) is 0 Å². The molecule has 0 spiro atoms. The van der Waals surface area contributed by atoms with Crippen molar-refractivity contribution in [3.8, 4) is 0 Å². The molecule has 1 aliphatic rings. The second-order valence-electron chi connectivity index (χ2n) is 5.70. The molecule has 0 radical (unpaired) electrons. The molecule has 1 heterocycles. The summed E-state index contributed by atoms with van der Waals surface area (Å²) in [6.07, 6.45) is 5.29. The van der Waals surface area contributed by atoms with Crippen LogP contribution in [0, 0.1) is 0 Å². The summed E-state index contributed by atoms with van der Waals surface area (Å²) in [6.45, 7) is 2.14. The normalized spacial score (nSPS) is 32.5. The van der Waals surface area contributed by atoms with Crippen molar-refractivity contribution in [3.63, 3.8) is 0 Å². The predicted molar refractivity (Wildman–Crippen MR) is 79.7 cm³/mol. The molecule has 0 unspecified atom stereocenters. The second kappa shape index (κ2) is 9.92. The van der Waals surface area contributed by atoms with E-state index in [1.165, 1.54) is 18.6 Å². The van der Waals surface area contributed by atoms with Gasteiger partial charge in [-0.25, -0.2) is 0 Å². The third-order valence-corrected chi connectivity index (χ3v) is 3.78. The first-order valence-corrected chi connectivity index (χ1v) is 7.96. The van der Waals surface area contributed by atoms with Gasteiger partial charge in [0.1, 0.15) is 18.3 Å². The quantitative estimate of drug-likeness (QED) is 0.395. The Morgan fingerprint density at radius 1 is 1.14 bits per heavy atom. The van der Waals surface area contributed by atoms with Gasteiger partial charge in [0, 0.05) is 6.42 Å². The Kier molecular flexibility index (Phi) is 8.57.